The van der Waals surface area contributed by atoms with Crippen LogP contribution >= 0.6 is 0 Å². The molecule has 1 aliphatic rings. The summed E-state index contributed by atoms with van der Waals surface area (Å²) in [5.74, 6) is 1.51. The van der Waals surface area contributed by atoms with Gasteiger partial charge in [-0.1, -0.05) is 38.5 Å². The SMILES string of the molecule is CC1CCC(C)C(Nc2ccccc2C(C)O)C1. The number of anilines is 1. The third-order valence-electron chi connectivity index (χ3n) is 4.21. The van der Waals surface area contributed by atoms with Crippen molar-refractivity contribution < 1.29 is 5.11 Å². The fourth-order valence-electron chi connectivity index (χ4n) is 2.93. The van der Waals surface area contributed by atoms with E-state index in [1.165, 1.54) is 19.3 Å². The number of rotatable bonds is 3. The molecule has 0 aliphatic heterocycles. The zero-order chi connectivity index (χ0) is 13.1. The van der Waals surface area contributed by atoms with Gasteiger partial charge in [-0.15, -0.1) is 0 Å². The molecule has 18 heavy (non-hydrogen) atoms. The highest BCUT2D eigenvalue weighted by molar-refractivity contribution is 5.52. The van der Waals surface area contributed by atoms with Gasteiger partial charge >= 0.3 is 0 Å². The van der Waals surface area contributed by atoms with Gasteiger partial charge < -0.3 is 10.4 Å². The monoisotopic (exact) mass is 247 g/mol. The van der Waals surface area contributed by atoms with E-state index in [1.807, 2.05) is 25.1 Å². The molecule has 4 unspecified atom stereocenters. The maximum Gasteiger partial charge on any atom is 0.0781 e. The molecule has 1 aliphatic carbocycles. The van der Waals surface area contributed by atoms with Gasteiger partial charge in [-0.3, -0.25) is 0 Å². The molecular weight excluding hydrogens is 222 g/mol. The summed E-state index contributed by atoms with van der Waals surface area (Å²) in [5.41, 5.74) is 2.10. The smallest absolute Gasteiger partial charge is 0.0781 e. The Kier molecular flexibility index (Phi) is 4.28. The second-order valence-corrected chi connectivity index (χ2v) is 5.91. The van der Waals surface area contributed by atoms with Crippen LogP contribution in [0.5, 0.6) is 0 Å². The number of benzene rings is 1. The Bertz CT molecular complexity index is 388. The first-order valence-corrected chi connectivity index (χ1v) is 7.11. The van der Waals surface area contributed by atoms with Crippen LogP contribution in [0.3, 0.4) is 0 Å². The summed E-state index contributed by atoms with van der Waals surface area (Å²) in [4.78, 5) is 0. The molecule has 1 aromatic carbocycles. The minimum atomic E-state index is -0.412. The third kappa shape index (κ3) is 3.05. The summed E-state index contributed by atoms with van der Waals surface area (Å²) in [5, 5.41) is 13.5. The van der Waals surface area contributed by atoms with E-state index in [4.69, 9.17) is 0 Å². The highest BCUT2D eigenvalue weighted by Gasteiger charge is 2.25. The maximum absolute atomic E-state index is 9.81. The van der Waals surface area contributed by atoms with Crippen LogP contribution in [0, 0.1) is 11.8 Å². The second-order valence-electron chi connectivity index (χ2n) is 5.91. The van der Waals surface area contributed by atoms with E-state index in [1.54, 1.807) is 0 Å². The molecule has 2 heteroatoms. The van der Waals surface area contributed by atoms with E-state index in [2.05, 4.69) is 25.2 Å². The number of hydrogen-bond donors (Lipinski definition) is 2. The molecule has 0 saturated heterocycles. The average Bonchev–Trinajstić information content (AvgIpc) is 2.34. The first kappa shape index (κ1) is 13.4. The molecule has 0 heterocycles. The molecule has 2 rings (SSSR count). The van der Waals surface area contributed by atoms with Crippen molar-refractivity contribution in [3.63, 3.8) is 0 Å². The molecular formula is C16H25NO. The molecule has 1 fully saturated rings. The fraction of sp³-hybridized carbons (Fsp3) is 0.625. The Morgan fingerprint density at radius 3 is 2.67 bits per heavy atom. The van der Waals surface area contributed by atoms with Crippen molar-refractivity contribution >= 4 is 5.69 Å². The van der Waals surface area contributed by atoms with Crippen molar-refractivity contribution in [1.29, 1.82) is 0 Å². The molecule has 0 amide bonds. The molecule has 2 nitrogen and oxygen atoms in total. The predicted molar refractivity (Wildman–Crippen MR) is 76.7 cm³/mol. The summed E-state index contributed by atoms with van der Waals surface area (Å²) in [6.45, 7) is 6.49. The van der Waals surface area contributed by atoms with E-state index < -0.39 is 6.10 Å². The third-order valence-corrected chi connectivity index (χ3v) is 4.21. The number of aliphatic hydroxyl groups is 1. The maximum atomic E-state index is 9.81. The Morgan fingerprint density at radius 2 is 1.94 bits per heavy atom. The van der Waals surface area contributed by atoms with Gasteiger partial charge in [0.05, 0.1) is 6.10 Å². The van der Waals surface area contributed by atoms with E-state index in [-0.39, 0.29) is 0 Å². The normalized spacial score (nSPS) is 29.9. The molecule has 0 bridgehead atoms. The molecule has 4 atom stereocenters. The van der Waals surface area contributed by atoms with Gasteiger partial charge in [-0.05, 0) is 37.7 Å². The van der Waals surface area contributed by atoms with Gasteiger partial charge in [0.25, 0.3) is 0 Å². The lowest BCUT2D eigenvalue weighted by Gasteiger charge is -2.34. The summed E-state index contributed by atoms with van der Waals surface area (Å²) in [7, 11) is 0. The Morgan fingerprint density at radius 1 is 1.22 bits per heavy atom. The van der Waals surface area contributed by atoms with Crippen LogP contribution in [0.4, 0.5) is 5.69 Å². The van der Waals surface area contributed by atoms with Crippen molar-refractivity contribution in [3.05, 3.63) is 29.8 Å². The van der Waals surface area contributed by atoms with Crippen LogP contribution < -0.4 is 5.32 Å². The summed E-state index contributed by atoms with van der Waals surface area (Å²) in [6.07, 6.45) is 3.47. The number of para-hydroxylation sites is 1. The van der Waals surface area contributed by atoms with Crippen LogP contribution in [0.15, 0.2) is 24.3 Å². The standard InChI is InChI=1S/C16H25NO/c1-11-8-9-12(2)16(10-11)17-15-7-5-4-6-14(15)13(3)18/h4-7,11-13,16-18H,8-10H2,1-3H3. The molecule has 100 valence electrons. The van der Waals surface area contributed by atoms with Gasteiger partial charge in [0.2, 0.25) is 0 Å². The minimum Gasteiger partial charge on any atom is -0.389 e. The van der Waals surface area contributed by atoms with Crippen molar-refractivity contribution in [3.8, 4) is 0 Å². The molecule has 0 spiro atoms. The number of hydrogen-bond acceptors (Lipinski definition) is 2. The van der Waals surface area contributed by atoms with E-state index >= 15 is 0 Å². The van der Waals surface area contributed by atoms with Crippen LogP contribution in [0.2, 0.25) is 0 Å². The molecule has 2 N–H and O–H groups in total. The highest BCUT2D eigenvalue weighted by Crippen LogP contribution is 2.32. The van der Waals surface area contributed by atoms with Gasteiger partial charge in [0.1, 0.15) is 0 Å². The van der Waals surface area contributed by atoms with Crippen molar-refractivity contribution in [2.75, 3.05) is 5.32 Å². The minimum absolute atomic E-state index is 0.412. The van der Waals surface area contributed by atoms with Gasteiger partial charge in [-0.2, -0.15) is 0 Å². The predicted octanol–water partition coefficient (Wildman–Crippen LogP) is 3.98. The van der Waals surface area contributed by atoms with E-state index in [0.717, 1.165) is 17.2 Å². The summed E-state index contributed by atoms with van der Waals surface area (Å²) in [6, 6.07) is 8.64. The zero-order valence-electron chi connectivity index (χ0n) is 11.7. The van der Waals surface area contributed by atoms with Gasteiger partial charge in [0.15, 0.2) is 0 Å². The van der Waals surface area contributed by atoms with E-state index in [9.17, 15) is 5.11 Å². The molecule has 1 aromatic rings. The summed E-state index contributed by atoms with van der Waals surface area (Å²) < 4.78 is 0. The van der Waals surface area contributed by atoms with Crippen LogP contribution in [0.1, 0.15) is 51.7 Å². The largest absolute Gasteiger partial charge is 0.389 e. The molecule has 0 radical (unpaired) electrons. The Hall–Kier alpha value is -1.02. The number of aliphatic hydroxyl groups excluding tert-OH is 1. The second kappa shape index (κ2) is 5.75. The topological polar surface area (TPSA) is 32.3 Å². The lowest BCUT2D eigenvalue weighted by Crippen LogP contribution is -2.33. The fourth-order valence-corrected chi connectivity index (χ4v) is 2.93. The van der Waals surface area contributed by atoms with Crippen molar-refractivity contribution in [2.24, 2.45) is 11.8 Å². The Labute approximate surface area is 110 Å². The van der Waals surface area contributed by atoms with Crippen LogP contribution in [0.25, 0.3) is 0 Å². The molecule has 1 saturated carbocycles. The van der Waals surface area contributed by atoms with Crippen LogP contribution in [-0.2, 0) is 0 Å². The number of nitrogens with one attached hydrogen (secondary N) is 1. The quantitative estimate of drug-likeness (QED) is 0.847. The lowest BCUT2D eigenvalue weighted by molar-refractivity contribution is 0.199. The lowest BCUT2D eigenvalue weighted by atomic mass is 9.80. The zero-order valence-corrected chi connectivity index (χ0v) is 11.7. The Balaban J connectivity index is 2.13. The van der Waals surface area contributed by atoms with Gasteiger partial charge in [-0.25, -0.2) is 0 Å². The van der Waals surface area contributed by atoms with Gasteiger partial charge in [0, 0.05) is 17.3 Å². The first-order valence-electron chi connectivity index (χ1n) is 7.11. The van der Waals surface area contributed by atoms with E-state index in [0.29, 0.717) is 12.0 Å². The van der Waals surface area contributed by atoms with Crippen molar-refractivity contribution in [2.45, 2.75) is 52.2 Å². The highest BCUT2D eigenvalue weighted by atomic mass is 16.3. The van der Waals surface area contributed by atoms with Crippen molar-refractivity contribution in [1.82, 2.24) is 0 Å². The summed E-state index contributed by atoms with van der Waals surface area (Å²) >= 11 is 0. The average molecular weight is 247 g/mol. The van der Waals surface area contributed by atoms with Crippen LogP contribution in [-0.4, -0.2) is 11.1 Å². The first-order chi connectivity index (χ1) is 8.58. The molecule has 0 aromatic heterocycles.